The summed E-state index contributed by atoms with van der Waals surface area (Å²) < 4.78 is 46.8. The molecular weight excluding hydrogens is 522 g/mol. The van der Waals surface area contributed by atoms with Crippen molar-refractivity contribution in [2.24, 2.45) is 0 Å². The second-order valence-electron chi connectivity index (χ2n) is 7.30. The van der Waals surface area contributed by atoms with E-state index in [1.165, 1.54) is 25.8 Å². The fourth-order valence-corrected chi connectivity index (χ4v) is 4.00. The third kappa shape index (κ3) is 7.46. The van der Waals surface area contributed by atoms with Gasteiger partial charge >= 0.3 is 16.2 Å². The topological polar surface area (TPSA) is 150 Å². The predicted octanol–water partition coefficient (Wildman–Crippen LogP) is 2.89. The van der Waals surface area contributed by atoms with Crippen molar-refractivity contribution in [1.29, 1.82) is 0 Å². The van der Waals surface area contributed by atoms with Crippen molar-refractivity contribution in [2.45, 2.75) is 6.54 Å². The third-order valence-corrected chi connectivity index (χ3v) is 6.00. The summed E-state index contributed by atoms with van der Waals surface area (Å²) in [5.74, 6) is 0.661. The summed E-state index contributed by atoms with van der Waals surface area (Å²) in [7, 11) is -2.49. The van der Waals surface area contributed by atoms with Crippen LogP contribution >= 0.6 is 11.6 Å². The first kappa shape index (κ1) is 26.0. The van der Waals surface area contributed by atoms with Gasteiger partial charge in [0.2, 0.25) is 5.88 Å². The standard InChI is InChI=1S/C23H22ClN7O5S/c1-34-19-13-26-23(27-14-19)36-10-9-35-22-20(17-4-6-18(24)7-5-17)21(28-15-29-22)31-37(32,33)30-12-16-3-2-8-25-11-16/h2-8,11,13-15,30H,9-10,12H2,1H3,(H,28,29,31). The van der Waals surface area contributed by atoms with Crippen LogP contribution in [0.15, 0.2) is 67.5 Å². The van der Waals surface area contributed by atoms with Gasteiger partial charge in [0.1, 0.15) is 19.5 Å². The van der Waals surface area contributed by atoms with E-state index >= 15 is 0 Å². The van der Waals surface area contributed by atoms with Crippen molar-refractivity contribution in [3.63, 3.8) is 0 Å². The van der Waals surface area contributed by atoms with E-state index in [9.17, 15) is 8.42 Å². The first-order valence-corrected chi connectivity index (χ1v) is 12.7. The van der Waals surface area contributed by atoms with Crippen molar-refractivity contribution in [2.75, 3.05) is 25.0 Å². The number of pyridine rings is 1. The zero-order chi connectivity index (χ0) is 26.1. The molecule has 0 aliphatic heterocycles. The quantitative estimate of drug-likeness (QED) is 0.255. The molecule has 3 aromatic heterocycles. The molecule has 12 nitrogen and oxygen atoms in total. The minimum absolute atomic E-state index is 0.0189. The lowest BCUT2D eigenvalue weighted by atomic mass is 10.1. The lowest BCUT2D eigenvalue weighted by Crippen LogP contribution is -2.30. The number of methoxy groups -OCH3 is 1. The van der Waals surface area contributed by atoms with Gasteiger partial charge < -0.3 is 14.2 Å². The molecule has 0 amide bonds. The van der Waals surface area contributed by atoms with E-state index in [-0.39, 0.29) is 37.5 Å². The number of aromatic nitrogens is 5. The van der Waals surface area contributed by atoms with Crippen LogP contribution in [0.3, 0.4) is 0 Å². The summed E-state index contributed by atoms with van der Waals surface area (Å²) in [5.41, 5.74) is 1.61. The molecule has 4 rings (SSSR count). The fraction of sp³-hybridized carbons (Fsp3) is 0.174. The van der Waals surface area contributed by atoms with E-state index in [4.69, 9.17) is 25.8 Å². The zero-order valence-corrected chi connectivity index (χ0v) is 21.1. The van der Waals surface area contributed by atoms with E-state index in [1.807, 2.05) is 0 Å². The molecule has 2 N–H and O–H groups in total. The Bertz CT molecular complexity index is 1410. The molecule has 0 saturated carbocycles. The Morgan fingerprint density at radius 3 is 2.41 bits per heavy atom. The number of hydrogen-bond donors (Lipinski definition) is 2. The minimum Gasteiger partial charge on any atom is -0.494 e. The Hall–Kier alpha value is -4.07. The van der Waals surface area contributed by atoms with Crippen molar-refractivity contribution >= 4 is 27.6 Å². The second-order valence-corrected chi connectivity index (χ2v) is 9.24. The second kappa shape index (κ2) is 12.3. The largest absolute Gasteiger partial charge is 0.494 e. The number of hydrogen-bond acceptors (Lipinski definition) is 10. The number of nitrogens with zero attached hydrogens (tertiary/aromatic N) is 5. The summed E-state index contributed by atoms with van der Waals surface area (Å²) in [6.07, 6.45) is 7.32. The highest BCUT2D eigenvalue weighted by Gasteiger charge is 2.20. The average Bonchev–Trinajstić information content (AvgIpc) is 2.91. The summed E-state index contributed by atoms with van der Waals surface area (Å²) in [4.78, 5) is 20.4. The van der Waals surface area contributed by atoms with Gasteiger partial charge in [0.05, 0.1) is 25.1 Å². The van der Waals surface area contributed by atoms with Crippen LogP contribution in [0.4, 0.5) is 5.82 Å². The molecule has 0 fully saturated rings. The number of halogens is 1. The Morgan fingerprint density at radius 2 is 1.70 bits per heavy atom. The minimum atomic E-state index is -4.01. The first-order valence-electron chi connectivity index (χ1n) is 10.8. The van der Waals surface area contributed by atoms with Crippen molar-refractivity contribution in [3.05, 3.63) is 78.1 Å². The van der Waals surface area contributed by atoms with Crippen molar-refractivity contribution in [3.8, 4) is 28.8 Å². The lowest BCUT2D eigenvalue weighted by Gasteiger charge is -2.16. The van der Waals surface area contributed by atoms with Gasteiger partial charge in [0, 0.05) is 24.0 Å². The van der Waals surface area contributed by atoms with Crippen molar-refractivity contribution in [1.82, 2.24) is 29.6 Å². The molecule has 0 spiro atoms. The summed E-state index contributed by atoms with van der Waals surface area (Å²) >= 11 is 6.04. The molecule has 192 valence electrons. The molecular formula is C23H22ClN7O5S. The molecule has 4 aromatic rings. The highest BCUT2D eigenvalue weighted by molar-refractivity contribution is 7.90. The summed E-state index contributed by atoms with van der Waals surface area (Å²) in [6, 6.07) is 10.4. The first-order chi connectivity index (χ1) is 17.9. The maximum Gasteiger partial charge on any atom is 0.316 e. The highest BCUT2D eigenvalue weighted by atomic mass is 35.5. The molecule has 37 heavy (non-hydrogen) atoms. The Labute approximate surface area is 218 Å². The van der Waals surface area contributed by atoms with Crippen LogP contribution in [0.5, 0.6) is 17.6 Å². The van der Waals surface area contributed by atoms with E-state index in [2.05, 4.69) is 34.4 Å². The van der Waals surface area contributed by atoms with E-state index in [1.54, 1.807) is 48.8 Å². The molecule has 0 aliphatic rings. The number of benzene rings is 1. The predicted molar refractivity (Wildman–Crippen MR) is 136 cm³/mol. The Morgan fingerprint density at radius 1 is 0.946 bits per heavy atom. The average molecular weight is 544 g/mol. The van der Waals surface area contributed by atoms with Crippen LogP contribution in [-0.2, 0) is 16.8 Å². The molecule has 0 radical (unpaired) electrons. The van der Waals surface area contributed by atoms with Gasteiger partial charge in [0.25, 0.3) is 0 Å². The zero-order valence-electron chi connectivity index (χ0n) is 19.5. The van der Waals surface area contributed by atoms with E-state index < -0.39 is 10.2 Å². The number of ether oxygens (including phenoxy) is 3. The van der Waals surface area contributed by atoms with Gasteiger partial charge in [-0.25, -0.2) is 9.97 Å². The molecule has 1 aromatic carbocycles. The normalized spacial score (nSPS) is 11.1. The van der Waals surface area contributed by atoms with Crippen LogP contribution in [0.25, 0.3) is 11.1 Å². The SMILES string of the molecule is COc1cnc(OCCOc2ncnc(NS(=O)(=O)NCc3cccnc3)c2-c2ccc(Cl)cc2)nc1. The van der Waals surface area contributed by atoms with Gasteiger partial charge in [-0.05, 0) is 29.3 Å². The maximum absolute atomic E-state index is 12.8. The maximum atomic E-state index is 12.8. The van der Waals surface area contributed by atoms with Gasteiger partial charge in [-0.15, -0.1) is 0 Å². The molecule has 0 unspecified atom stereocenters. The van der Waals surface area contributed by atoms with Gasteiger partial charge in [0.15, 0.2) is 11.6 Å². The van der Waals surface area contributed by atoms with Gasteiger partial charge in [-0.3, -0.25) is 9.71 Å². The molecule has 0 aliphatic carbocycles. The van der Waals surface area contributed by atoms with Gasteiger partial charge in [-0.1, -0.05) is 29.8 Å². The van der Waals surface area contributed by atoms with Crippen LogP contribution < -0.4 is 23.7 Å². The molecule has 14 heteroatoms. The van der Waals surface area contributed by atoms with Crippen LogP contribution in [-0.4, -0.2) is 53.7 Å². The number of anilines is 1. The Balaban J connectivity index is 1.50. The summed E-state index contributed by atoms with van der Waals surface area (Å²) in [5, 5.41) is 0.510. The highest BCUT2D eigenvalue weighted by Crippen LogP contribution is 2.34. The monoisotopic (exact) mass is 543 g/mol. The molecule has 0 atom stereocenters. The van der Waals surface area contributed by atoms with Crippen LogP contribution in [0, 0.1) is 0 Å². The Kier molecular flexibility index (Phi) is 8.61. The van der Waals surface area contributed by atoms with E-state index in [0.717, 1.165) is 0 Å². The number of rotatable bonds is 12. The smallest absolute Gasteiger partial charge is 0.316 e. The lowest BCUT2D eigenvalue weighted by molar-refractivity contribution is 0.201. The van der Waals surface area contributed by atoms with Crippen molar-refractivity contribution < 1.29 is 22.6 Å². The molecule has 0 saturated heterocycles. The third-order valence-electron chi connectivity index (χ3n) is 4.76. The molecule has 0 bridgehead atoms. The van der Waals surface area contributed by atoms with Crippen LogP contribution in [0.1, 0.15) is 5.56 Å². The summed E-state index contributed by atoms with van der Waals surface area (Å²) in [6.45, 7) is 0.210. The number of nitrogens with one attached hydrogen (secondary N) is 2. The fourth-order valence-electron chi connectivity index (χ4n) is 3.03. The van der Waals surface area contributed by atoms with E-state index in [0.29, 0.717) is 27.5 Å². The molecule has 3 heterocycles. The van der Waals surface area contributed by atoms with Gasteiger partial charge in [-0.2, -0.15) is 23.1 Å². The van der Waals surface area contributed by atoms with Crippen LogP contribution in [0.2, 0.25) is 5.02 Å².